The third kappa shape index (κ3) is 3.26. The fraction of sp³-hybridized carbons (Fsp3) is 0.143. The number of hydrogen-bond donors (Lipinski definition) is 1. The van der Waals surface area contributed by atoms with Gasteiger partial charge in [-0.3, -0.25) is 0 Å². The second-order valence-corrected chi connectivity index (χ2v) is 7.34. The highest BCUT2D eigenvalue weighted by atomic mass is 35.5. The smallest absolute Gasteiger partial charge is 0.184 e. The number of benzene rings is 2. The fourth-order valence-corrected chi connectivity index (χ4v) is 3.90. The van der Waals surface area contributed by atoms with Gasteiger partial charge in [-0.25, -0.2) is 8.42 Å². The summed E-state index contributed by atoms with van der Waals surface area (Å²) in [6.07, 6.45) is 0. The van der Waals surface area contributed by atoms with E-state index >= 15 is 0 Å². The molecule has 0 amide bonds. The number of hydrogen-bond acceptors (Lipinski definition) is 3. The van der Waals surface area contributed by atoms with Crippen LogP contribution in [0.5, 0.6) is 0 Å². The first-order valence-electron chi connectivity index (χ1n) is 5.82. The molecule has 2 aromatic rings. The van der Waals surface area contributed by atoms with Gasteiger partial charge in [0.1, 0.15) is 0 Å². The lowest BCUT2D eigenvalue weighted by Gasteiger charge is -2.10. The van der Waals surface area contributed by atoms with Gasteiger partial charge in [0, 0.05) is 10.0 Å². The van der Waals surface area contributed by atoms with Crippen molar-refractivity contribution in [2.45, 2.75) is 17.6 Å². The standard InChI is InChI=1S/C14H13Cl2NO2S/c1-9-2-5-13(17)14(6-9)20(18,19)8-10-7-11(15)3-4-12(10)16/h2-7H,8,17H2,1H3. The van der Waals surface area contributed by atoms with E-state index in [9.17, 15) is 8.42 Å². The zero-order valence-corrected chi connectivity index (χ0v) is 13.1. The van der Waals surface area contributed by atoms with E-state index in [1.807, 2.05) is 6.92 Å². The van der Waals surface area contributed by atoms with E-state index in [1.165, 1.54) is 0 Å². The number of nitrogens with two attached hydrogens (primary N) is 1. The molecule has 20 heavy (non-hydrogen) atoms. The number of nitrogen functional groups attached to an aromatic ring is 1. The van der Waals surface area contributed by atoms with Gasteiger partial charge in [0.05, 0.1) is 16.3 Å². The van der Waals surface area contributed by atoms with Crippen molar-refractivity contribution in [3.8, 4) is 0 Å². The summed E-state index contributed by atoms with van der Waals surface area (Å²) in [5, 5.41) is 0.806. The molecule has 2 aromatic carbocycles. The van der Waals surface area contributed by atoms with Crippen LogP contribution in [-0.4, -0.2) is 8.42 Å². The lowest BCUT2D eigenvalue weighted by atomic mass is 10.2. The first-order valence-corrected chi connectivity index (χ1v) is 8.23. The van der Waals surface area contributed by atoms with Gasteiger partial charge in [0.15, 0.2) is 9.84 Å². The second-order valence-electron chi connectivity index (χ2n) is 4.54. The molecule has 0 saturated carbocycles. The average Bonchev–Trinajstić information content (AvgIpc) is 2.36. The summed E-state index contributed by atoms with van der Waals surface area (Å²) in [6, 6.07) is 9.65. The molecule has 0 bridgehead atoms. The minimum atomic E-state index is -3.57. The van der Waals surface area contributed by atoms with E-state index in [0.29, 0.717) is 15.6 Å². The van der Waals surface area contributed by atoms with Gasteiger partial charge < -0.3 is 5.73 Å². The fourth-order valence-electron chi connectivity index (χ4n) is 1.85. The first-order chi connectivity index (χ1) is 9.29. The van der Waals surface area contributed by atoms with Gasteiger partial charge in [-0.1, -0.05) is 29.3 Å². The van der Waals surface area contributed by atoms with Gasteiger partial charge in [-0.05, 0) is 48.4 Å². The molecule has 3 nitrogen and oxygen atoms in total. The monoisotopic (exact) mass is 329 g/mol. The largest absolute Gasteiger partial charge is 0.398 e. The highest BCUT2D eigenvalue weighted by Crippen LogP contribution is 2.28. The number of halogens is 2. The average molecular weight is 330 g/mol. The Hall–Kier alpha value is -1.23. The Labute approximate surface area is 128 Å². The molecule has 6 heteroatoms. The van der Waals surface area contributed by atoms with E-state index in [-0.39, 0.29) is 16.3 Å². The van der Waals surface area contributed by atoms with Crippen molar-refractivity contribution < 1.29 is 8.42 Å². The normalized spacial score (nSPS) is 11.6. The van der Waals surface area contributed by atoms with Crippen molar-refractivity contribution in [1.82, 2.24) is 0 Å². The van der Waals surface area contributed by atoms with Crippen molar-refractivity contribution in [2.24, 2.45) is 0 Å². The summed E-state index contributed by atoms with van der Waals surface area (Å²) in [4.78, 5) is 0.119. The summed E-state index contributed by atoms with van der Waals surface area (Å²) in [7, 11) is -3.57. The Kier molecular flexibility index (Phi) is 4.28. The van der Waals surface area contributed by atoms with Crippen LogP contribution in [0.4, 0.5) is 5.69 Å². The molecule has 106 valence electrons. The molecule has 2 rings (SSSR count). The first kappa shape index (κ1) is 15.2. The highest BCUT2D eigenvalue weighted by Gasteiger charge is 2.20. The Morgan fingerprint density at radius 2 is 1.80 bits per heavy atom. The van der Waals surface area contributed by atoms with Crippen LogP contribution in [0.1, 0.15) is 11.1 Å². The van der Waals surface area contributed by atoms with Crippen molar-refractivity contribution >= 4 is 38.7 Å². The maximum Gasteiger partial charge on any atom is 0.184 e. The molecule has 0 spiro atoms. The van der Waals surface area contributed by atoms with Gasteiger partial charge in [0.25, 0.3) is 0 Å². The van der Waals surface area contributed by atoms with Gasteiger partial charge in [-0.15, -0.1) is 0 Å². The zero-order valence-electron chi connectivity index (χ0n) is 10.7. The molecule has 0 radical (unpaired) electrons. The predicted molar refractivity (Wildman–Crippen MR) is 82.9 cm³/mol. The second kappa shape index (κ2) is 5.64. The van der Waals surface area contributed by atoms with E-state index in [2.05, 4.69) is 0 Å². The van der Waals surface area contributed by atoms with Gasteiger partial charge >= 0.3 is 0 Å². The molecule has 2 N–H and O–H groups in total. The Bertz CT molecular complexity index is 758. The molecule has 0 atom stereocenters. The number of sulfone groups is 1. The highest BCUT2D eigenvalue weighted by molar-refractivity contribution is 7.90. The van der Waals surface area contributed by atoms with Crippen LogP contribution in [0.2, 0.25) is 10.0 Å². The molecule has 0 saturated heterocycles. The molecule has 0 aliphatic heterocycles. The molecule has 0 aliphatic carbocycles. The number of anilines is 1. The Morgan fingerprint density at radius 1 is 1.10 bits per heavy atom. The van der Waals surface area contributed by atoms with Crippen molar-refractivity contribution in [2.75, 3.05) is 5.73 Å². The van der Waals surface area contributed by atoms with Crippen molar-refractivity contribution in [3.63, 3.8) is 0 Å². The van der Waals surface area contributed by atoms with E-state index < -0.39 is 9.84 Å². The van der Waals surface area contributed by atoms with Crippen LogP contribution in [-0.2, 0) is 15.6 Å². The molecule has 0 heterocycles. The molecule has 0 fully saturated rings. The summed E-state index contributed by atoms with van der Waals surface area (Å²) in [5.41, 5.74) is 7.28. The Balaban J connectivity index is 2.46. The lowest BCUT2D eigenvalue weighted by Crippen LogP contribution is -2.08. The van der Waals surface area contributed by atoms with Crippen LogP contribution in [0, 0.1) is 6.92 Å². The molecule has 0 aromatic heterocycles. The minimum Gasteiger partial charge on any atom is -0.398 e. The van der Waals surface area contributed by atoms with Crippen molar-refractivity contribution in [3.05, 3.63) is 57.6 Å². The number of rotatable bonds is 3. The summed E-state index contributed by atoms with van der Waals surface area (Å²) < 4.78 is 24.9. The van der Waals surface area contributed by atoms with Crippen LogP contribution >= 0.6 is 23.2 Å². The van der Waals surface area contributed by atoms with E-state index in [1.54, 1.807) is 36.4 Å². The van der Waals surface area contributed by atoms with Gasteiger partial charge in [-0.2, -0.15) is 0 Å². The maximum absolute atomic E-state index is 12.5. The molecule has 0 unspecified atom stereocenters. The summed E-state index contributed by atoms with van der Waals surface area (Å²) >= 11 is 11.9. The topological polar surface area (TPSA) is 60.2 Å². The van der Waals surface area contributed by atoms with E-state index in [4.69, 9.17) is 28.9 Å². The van der Waals surface area contributed by atoms with Crippen LogP contribution < -0.4 is 5.73 Å². The third-order valence-corrected chi connectivity index (χ3v) is 5.18. The third-order valence-electron chi connectivity index (χ3n) is 2.86. The predicted octanol–water partition coefficient (Wildman–Crippen LogP) is 3.86. The minimum absolute atomic E-state index is 0.119. The molecule has 0 aliphatic rings. The van der Waals surface area contributed by atoms with Crippen LogP contribution in [0.25, 0.3) is 0 Å². The Morgan fingerprint density at radius 3 is 2.50 bits per heavy atom. The van der Waals surface area contributed by atoms with E-state index in [0.717, 1.165) is 5.56 Å². The summed E-state index contributed by atoms with van der Waals surface area (Å²) in [5.74, 6) is -0.236. The number of aryl methyl sites for hydroxylation is 1. The molecular weight excluding hydrogens is 317 g/mol. The quantitative estimate of drug-likeness (QED) is 0.870. The zero-order chi connectivity index (χ0) is 14.9. The lowest BCUT2D eigenvalue weighted by molar-refractivity contribution is 0.595. The van der Waals surface area contributed by atoms with Gasteiger partial charge in [0.2, 0.25) is 0 Å². The summed E-state index contributed by atoms with van der Waals surface area (Å²) in [6.45, 7) is 1.81. The van der Waals surface area contributed by atoms with Crippen molar-refractivity contribution in [1.29, 1.82) is 0 Å². The SMILES string of the molecule is Cc1ccc(N)c(S(=O)(=O)Cc2cc(Cl)ccc2Cl)c1. The van der Waals surface area contributed by atoms with Crippen LogP contribution in [0.3, 0.4) is 0 Å². The maximum atomic E-state index is 12.5. The molecular formula is C14H13Cl2NO2S. The van der Waals surface area contributed by atoms with Crippen LogP contribution in [0.15, 0.2) is 41.3 Å².